The molecule has 2 heterocycles. The van der Waals surface area contributed by atoms with E-state index in [-0.39, 0.29) is 16.8 Å². The summed E-state index contributed by atoms with van der Waals surface area (Å²) in [5.41, 5.74) is 2.02. The SMILES string of the molecule is Cc1cc(/C(O)=C2\C(=O)C(=O)N(c3cccc(OC(F)(F)F)c3)C2c2cccnc2)ccc1OCc1ccccc1. The molecule has 3 aromatic carbocycles. The number of hydrogen-bond donors (Lipinski definition) is 1. The zero-order chi connectivity index (χ0) is 29.1. The third-order valence-corrected chi connectivity index (χ3v) is 6.46. The molecule has 0 aliphatic carbocycles. The maximum absolute atomic E-state index is 13.3. The second-order valence-corrected chi connectivity index (χ2v) is 9.26. The average molecular weight is 561 g/mol. The Morgan fingerprint density at radius 2 is 1.76 bits per heavy atom. The fourth-order valence-corrected chi connectivity index (χ4v) is 4.63. The molecule has 1 atom stereocenters. The van der Waals surface area contributed by atoms with Gasteiger partial charge in [-0.2, -0.15) is 0 Å². The first-order chi connectivity index (χ1) is 19.6. The van der Waals surface area contributed by atoms with Crippen LogP contribution in [0.5, 0.6) is 11.5 Å². The van der Waals surface area contributed by atoms with Crippen LogP contribution in [0.4, 0.5) is 18.9 Å². The van der Waals surface area contributed by atoms with Crippen LogP contribution in [0.1, 0.15) is 28.3 Å². The average Bonchev–Trinajstić information content (AvgIpc) is 3.22. The monoisotopic (exact) mass is 560 g/mol. The Bertz CT molecular complexity index is 1620. The van der Waals surface area contributed by atoms with E-state index in [1.165, 1.54) is 24.5 Å². The minimum atomic E-state index is -4.95. The van der Waals surface area contributed by atoms with Crippen molar-refractivity contribution in [3.05, 3.63) is 125 Å². The molecule has 7 nitrogen and oxygen atoms in total. The number of ketones is 1. The van der Waals surface area contributed by atoms with Crippen molar-refractivity contribution in [1.29, 1.82) is 0 Å². The summed E-state index contributed by atoms with van der Waals surface area (Å²) in [6, 6.07) is 21.2. The molecule has 1 aliphatic heterocycles. The molecule has 0 saturated carbocycles. The van der Waals surface area contributed by atoms with Gasteiger partial charge in [-0.25, -0.2) is 0 Å². The van der Waals surface area contributed by atoms with Gasteiger partial charge in [-0.05, 0) is 60.0 Å². The van der Waals surface area contributed by atoms with Crippen molar-refractivity contribution >= 4 is 23.1 Å². The molecule has 5 rings (SSSR count). The van der Waals surface area contributed by atoms with Crippen molar-refractivity contribution in [1.82, 2.24) is 4.98 Å². The Morgan fingerprint density at radius 1 is 0.976 bits per heavy atom. The first kappa shape index (κ1) is 27.4. The molecule has 1 aliphatic rings. The number of amides is 1. The number of nitrogens with zero attached hydrogens (tertiary/aromatic N) is 2. The van der Waals surface area contributed by atoms with Crippen LogP contribution < -0.4 is 14.4 Å². The van der Waals surface area contributed by atoms with E-state index in [4.69, 9.17) is 4.74 Å². The fraction of sp³-hybridized carbons (Fsp3) is 0.129. The van der Waals surface area contributed by atoms with E-state index < -0.39 is 35.6 Å². The van der Waals surface area contributed by atoms with Crippen LogP contribution in [0, 0.1) is 6.92 Å². The number of aliphatic hydroxyl groups excluding tert-OH is 1. The Labute approximate surface area is 233 Å². The van der Waals surface area contributed by atoms with E-state index in [0.717, 1.165) is 22.6 Å². The minimum absolute atomic E-state index is 0.0254. The van der Waals surface area contributed by atoms with Gasteiger partial charge in [0.05, 0.1) is 11.6 Å². The first-order valence-corrected chi connectivity index (χ1v) is 12.5. The molecule has 41 heavy (non-hydrogen) atoms. The molecule has 1 unspecified atom stereocenters. The van der Waals surface area contributed by atoms with Gasteiger partial charge in [-0.15, -0.1) is 13.2 Å². The Hall–Kier alpha value is -5.12. The summed E-state index contributed by atoms with van der Waals surface area (Å²) in [4.78, 5) is 31.7. The molecule has 1 N–H and O–H groups in total. The van der Waals surface area contributed by atoms with Gasteiger partial charge in [0.15, 0.2) is 0 Å². The Kier molecular flexibility index (Phi) is 7.47. The lowest BCUT2D eigenvalue weighted by molar-refractivity contribution is -0.274. The van der Waals surface area contributed by atoms with Crippen LogP contribution in [0.3, 0.4) is 0 Å². The van der Waals surface area contributed by atoms with Crippen molar-refractivity contribution in [3.63, 3.8) is 0 Å². The third-order valence-electron chi connectivity index (χ3n) is 6.46. The zero-order valence-electron chi connectivity index (χ0n) is 21.6. The number of ether oxygens (including phenoxy) is 2. The number of carbonyl (C=O) groups excluding carboxylic acids is 2. The number of carbonyl (C=O) groups is 2. The van der Waals surface area contributed by atoms with Crippen molar-refractivity contribution in [2.24, 2.45) is 0 Å². The minimum Gasteiger partial charge on any atom is -0.507 e. The van der Waals surface area contributed by atoms with Gasteiger partial charge in [0, 0.05) is 29.7 Å². The number of halogens is 3. The number of rotatable bonds is 7. The number of hydrogen-bond acceptors (Lipinski definition) is 6. The summed E-state index contributed by atoms with van der Waals surface area (Å²) in [5.74, 6) is -2.47. The molecular weight excluding hydrogens is 537 g/mol. The molecule has 0 radical (unpaired) electrons. The summed E-state index contributed by atoms with van der Waals surface area (Å²) in [6.07, 6.45) is -2.05. The van der Waals surface area contributed by atoms with Gasteiger partial charge < -0.3 is 14.6 Å². The molecule has 10 heteroatoms. The van der Waals surface area contributed by atoms with Gasteiger partial charge in [-0.3, -0.25) is 19.5 Å². The Morgan fingerprint density at radius 3 is 2.44 bits per heavy atom. The van der Waals surface area contributed by atoms with E-state index in [9.17, 15) is 27.9 Å². The largest absolute Gasteiger partial charge is 0.573 e. The summed E-state index contributed by atoms with van der Waals surface area (Å²) >= 11 is 0. The number of alkyl halides is 3. The Balaban J connectivity index is 1.54. The molecule has 4 aromatic rings. The zero-order valence-corrected chi connectivity index (χ0v) is 21.6. The highest BCUT2D eigenvalue weighted by Crippen LogP contribution is 2.43. The molecular formula is C31H23F3N2O5. The number of pyridine rings is 1. The lowest BCUT2D eigenvalue weighted by atomic mass is 9.95. The van der Waals surface area contributed by atoms with Gasteiger partial charge in [0.2, 0.25) is 0 Å². The van der Waals surface area contributed by atoms with Crippen molar-refractivity contribution in [2.45, 2.75) is 25.9 Å². The highest BCUT2D eigenvalue weighted by atomic mass is 19.4. The normalized spacial score (nSPS) is 16.6. The van der Waals surface area contributed by atoms with Crippen molar-refractivity contribution in [3.8, 4) is 11.5 Å². The van der Waals surface area contributed by atoms with Gasteiger partial charge in [-0.1, -0.05) is 42.5 Å². The molecule has 1 saturated heterocycles. The van der Waals surface area contributed by atoms with E-state index in [1.54, 1.807) is 37.3 Å². The lowest BCUT2D eigenvalue weighted by Crippen LogP contribution is -2.29. The summed E-state index contributed by atoms with van der Waals surface area (Å²) in [6.45, 7) is 2.11. The standard InChI is InChI=1S/C31H23F3N2O5/c1-19-15-21(12-13-25(19)40-18-20-7-3-2-4-8-20)28(37)26-27(22-9-6-14-35-17-22)36(30(39)29(26)38)23-10-5-11-24(16-23)41-31(32,33)34/h2-17,27,37H,18H2,1H3/b28-26+. The quantitative estimate of drug-likeness (QED) is 0.158. The molecule has 1 amide bonds. The van der Waals surface area contributed by atoms with Crippen LogP contribution in [-0.2, 0) is 16.2 Å². The van der Waals surface area contributed by atoms with Crippen LogP contribution >= 0.6 is 0 Å². The molecule has 0 bridgehead atoms. The number of anilines is 1. The number of aromatic nitrogens is 1. The fourth-order valence-electron chi connectivity index (χ4n) is 4.63. The predicted octanol–water partition coefficient (Wildman–Crippen LogP) is 6.49. The second kappa shape index (κ2) is 11.2. The highest BCUT2D eigenvalue weighted by Gasteiger charge is 2.47. The highest BCUT2D eigenvalue weighted by molar-refractivity contribution is 6.51. The maximum atomic E-state index is 13.3. The summed E-state index contributed by atoms with van der Waals surface area (Å²) in [5, 5.41) is 11.4. The van der Waals surface area contributed by atoms with E-state index in [2.05, 4.69) is 9.72 Å². The van der Waals surface area contributed by atoms with E-state index in [1.807, 2.05) is 30.3 Å². The molecule has 1 aromatic heterocycles. The van der Waals surface area contributed by atoms with Gasteiger partial charge in [0.1, 0.15) is 23.9 Å². The number of benzene rings is 3. The topological polar surface area (TPSA) is 89.0 Å². The summed E-state index contributed by atoms with van der Waals surface area (Å²) in [7, 11) is 0. The van der Waals surface area contributed by atoms with Gasteiger partial charge >= 0.3 is 6.36 Å². The smallest absolute Gasteiger partial charge is 0.507 e. The van der Waals surface area contributed by atoms with Crippen molar-refractivity contribution in [2.75, 3.05) is 4.90 Å². The van der Waals surface area contributed by atoms with Crippen LogP contribution in [0.25, 0.3) is 5.76 Å². The van der Waals surface area contributed by atoms with Gasteiger partial charge in [0.25, 0.3) is 11.7 Å². The van der Waals surface area contributed by atoms with Crippen LogP contribution in [0.15, 0.2) is 103 Å². The van der Waals surface area contributed by atoms with E-state index >= 15 is 0 Å². The van der Waals surface area contributed by atoms with Crippen molar-refractivity contribution < 1.29 is 37.3 Å². The maximum Gasteiger partial charge on any atom is 0.573 e. The third kappa shape index (κ3) is 5.91. The van der Waals surface area contributed by atoms with Crippen LogP contribution in [-0.4, -0.2) is 28.1 Å². The lowest BCUT2D eigenvalue weighted by Gasteiger charge is -2.25. The van der Waals surface area contributed by atoms with Crippen LogP contribution in [0.2, 0.25) is 0 Å². The number of aliphatic hydroxyl groups is 1. The number of aryl methyl sites for hydroxylation is 1. The predicted molar refractivity (Wildman–Crippen MR) is 144 cm³/mol. The summed E-state index contributed by atoms with van der Waals surface area (Å²) < 4.78 is 48.5. The second-order valence-electron chi connectivity index (χ2n) is 9.26. The molecule has 0 spiro atoms. The number of Topliss-reactive ketones (excluding diaryl/α,β-unsaturated/α-hetero) is 1. The molecule has 208 valence electrons. The molecule has 1 fully saturated rings. The van der Waals surface area contributed by atoms with E-state index in [0.29, 0.717) is 23.5 Å². The first-order valence-electron chi connectivity index (χ1n) is 12.5.